The molecular formula is C17H26N2O. The highest BCUT2D eigenvalue weighted by Gasteiger charge is 2.43. The predicted octanol–water partition coefficient (Wildman–Crippen LogP) is 3.18. The summed E-state index contributed by atoms with van der Waals surface area (Å²) in [5.74, 6) is 0. The Labute approximate surface area is 121 Å². The fourth-order valence-electron chi connectivity index (χ4n) is 4.13. The Morgan fingerprint density at radius 1 is 1.10 bits per heavy atom. The summed E-state index contributed by atoms with van der Waals surface area (Å²) in [5.41, 5.74) is 7.42. The van der Waals surface area contributed by atoms with Crippen LogP contribution in [0, 0.1) is 0 Å². The van der Waals surface area contributed by atoms with E-state index >= 15 is 0 Å². The molecule has 0 aromatic carbocycles. The van der Waals surface area contributed by atoms with E-state index in [4.69, 9.17) is 10.5 Å². The monoisotopic (exact) mass is 274 g/mol. The van der Waals surface area contributed by atoms with Gasteiger partial charge in [-0.2, -0.15) is 0 Å². The van der Waals surface area contributed by atoms with Crippen molar-refractivity contribution < 1.29 is 4.74 Å². The molecule has 1 aliphatic heterocycles. The van der Waals surface area contributed by atoms with Crippen LogP contribution in [0.2, 0.25) is 0 Å². The van der Waals surface area contributed by atoms with Crippen molar-refractivity contribution in [3.63, 3.8) is 0 Å². The van der Waals surface area contributed by atoms with Crippen molar-refractivity contribution in [2.45, 2.75) is 62.4 Å². The van der Waals surface area contributed by atoms with Crippen LogP contribution in [-0.4, -0.2) is 23.7 Å². The van der Waals surface area contributed by atoms with Gasteiger partial charge in [0.05, 0.1) is 5.60 Å². The van der Waals surface area contributed by atoms with Crippen LogP contribution in [0.3, 0.4) is 0 Å². The van der Waals surface area contributed by atoms with Gasteiger partial charge in [0.25, 0.3) is 0 Å². The second kappa shape index (κ2) is 5.82. The number of nitrogens with two attached hydrogens (primary N) is 1. The topological polar surface area (TPSA) is 48.1 Å². The molecule has 3 rings (SSSR count). The number of rotatable bonds is 3. The number of ether oxygens (including phenoxy) is 1. The molecule has 2 heterocycles. The molecule has 0 radical (unpaired) electrons. The van der Waals surface area contributed by atoms with Gasteiger partial charge in [-0.3, -0.25) is 4.98 Å². The van der Waals surface area contributed by atoms with Gasteiger partial charge in [0, 0.05) is 23.9 Å². The lowest BCUT2D eigenvalue weighted by Crippen LogP contribution is -2.31. The number of hydrogen-bond donors (Lipinski definition) is 1. The Morgan fingerprint density at radius 2 is 1.95 bits per heavy atom. The molecule has 0 amide bonds. The molecule has 1 aromatic heterocycles. The molecule has 0 bridgehead atoms. The van der Waals surface area contributed by atoms with Crippen LogP contribution in [-0.2, 0) is 10.2 Å². The van der Waals surface area contributed by atoms with Crippen molar-refractivity contribution in [1.29, 1.82) is 0 Å². The molecule has 1 atom stereocenters. The Balaban J connectivity index is 1.84. The van der Waals surface area contributed by atoms with E-state index in [1.165, 1.54) is 44.2 Å². The van der Waals surface area contributed by atoms with Crippen molar-refractivity contribution in [1.82, 2.24) is 4.98 Å². The summed E-state index contributed by atoms with van der Waals surface area (Å²) >= 11 is 0. The molecule has 1 aromatic rings. The first-order valence-corrected chi connectivity index (χ1v) is 8.04. The third-order valence-corrected chi connectivity index (χ3v) is 5.39. The average molecular weight is 274 g/mol. The van der Waals surface area contributed by atoms with Gasteiger partial charge in [0.2, 0.25) is 0 Å². The van der Waals surface area contributed by atoms with Crippen LogP contribution in [0.25, 0.3) is 0 Å². The summed E-state index contributed by atoms with van der Waals surface area (Å²) < 4.78 is 6.31. The molecule has 3 heteroatoms. The van der Waals surface area contributed by atoms with Crippen LogP contribution in [0.1, 0.15) is 57.1 Å². The summed E-state index contributed by atoms with van der Waals surface area (Å²) in [6, 6.07) is 6.26. The maximum atomic E-state index is 6.31. The lowest BCUT2D eigenvalue weighted by atomic mass is 9.73. The minimum atomic E-state index is 0.127. The molecule has 1 spiro atoms. The number of nitrogens with zero attached hydrogens (tertiary/aromatic N) is 1. The van der Waals surface area contributed by atoms with Gasteiger partial charge in [-0.25, -0.2) is 0 Å². The zero-order valence-corrected chi connectivity index (χ0v) is 12.3. The minimum Gasteiger partial charge on any atom is -0.375 e. The zero-order chi connectivity index (χ0) is 13.9. The third kappa shape index (κ3) is 2.61. The Bertz CT molecular complexity index is 428. The van der Waals surface area contributed by atoms with Gasteiger partial charge in [0.15, 0.2) is 0 Å². The summed E-state index contributed by atoms with van der Waals surface area (Å²) in [5, 5.41) is 0. The van der Waals surface area contributed by atoms with E-state index < -0.39 is 0 Å². The summed E-state index contributed by atoms with van der Waals surface area (Å²) in [7, 11) is 0. The number of aromatic nitrogens is 1. The van der Waals surface area contributed by atoms with E-state index in [1.807, 2.05) is 12.3 Å². The second-order valence-corrected chi connectivity index (χ2v) is 6.52. The van der Waals surface area contributed by atoms with Gasteiger partial charge < -0.3 is 10.5 Å². The van der Waals surface area contributed by atoms with Gasteiger partial charge in [-0.1, -0.05) is 18.9 Å². The molecule has 2 fully saturated rings. The molecular weight excluding hydrogens is 248 g/mol. The highest BCUT2D eigenvalue weighted by molar-refractivity contribution is 5.18. The van der Waals surface area contributed by atoms with E-state index in [2.05, 4.69) is 17.1 Å². The largest absolute Gasteiger partial charge is 0.375 e. The van der Waals surface area contributed by atoms with E-state index in [1.54, 1.807) is 0 Å². The van der Waals surface area contributed by atoms with Crippen LogP contribution in [0.15, 0.2) is 24.4 Å². The van der Waals surface area contributed by atoms with Gasteiger partial charge >= 0.3 is 0 Å². The average Bonchev–Trinajstić information content (AvgIpc) is 2.86. The highest BCUT2D eigenvalue weighted by Crippen LogP contribution is 2.46. The maximum Gasteiger partial charge on any atom is 0.0682 e. The van der Waals surface area contributed by atoms with Crippen molar-refractivity contribution in [3.05, 3.63) is 30.1 Å². The van der Waals surface area contributed by atoms with Crippen LogP contribution < -0.4 is 5.73 Å². The van der Waals surface area contributed by atoms with E-state index in [0.717, 1.165) is 26.0 Å². The molecule has 1 saturated carbocycles. The summed E-state index contributed by atoms with van der Waals surface area (Å²) in [6.07, 6.45) is 11.5. The predicted molar refractivity (Wildman–Crippen MR) is 80.6 cm³/mol. The van der Waals surface area contributed by atoms with E-state index in [0.29, 0.717) is 0 Å². The van der Waals surface area contributed by atoms with Crippen LogP contribution >= 0.6 is 0 Å². The van der Waals surface area contributed by atoms with Crippen molar-refractivity contribution in [2.75, 3.05) is 13.2 Å². The minimum absolute atomic E-state index is 0.127. The molecule has 2 N–H and O–H groups in total. The Kier molecular flexibility index (Phi) is 4.08. The van der Waals surface area contributed by atoms with Crippen LogP contribution in [0.4, 0.5) is 0 Å². The third-order valence-electron chi connectivity index (χ3n) is 5.39. The van der Waals surface area contributed by atoms with E-state index in [-0.39, 0.29) is 11.0 Å². The molecule has 3 nitrogen and oxygen atoms in total. The Morgan fingerprint density at radius 3 is 2.65 bits per heavy atom. The molecule has 110 valence electrons. The van der Waals surface area contributed by atoms with Gasteiger partial charge in [0.1, 0.15) is 0 Å². The molecule has 20 heavy (non-hydrogen) atoms. The fraction of sp³-hybridized carbons (Fsp3) is 0.706. The van der Waals surface area contributed by atoms with Gasteiger partial charge in [-0.05, 0) is 57.2 Å². The molecule has 1 aliphatic carbocycles. The smallest absolute Gasteiger partial charge is 0.0682 e. The zero-order valence-electron chi connectivity index (χ0n) is 12.3. The standard InChI is InChI=1S/C17H26N2O/c18-12-10-16(15-5-1-4-13-19-15)8-9-17(20-14-11-16)6-2-3-7-17/h1,4-5,13H,2-3,6-12,14,18H2. The molecule has 1 saturated heterocycles. The summed E-state index contributed by atoms with van der Waals surface area (Å²) in [6.45, 7) is 1.58. The lowest BCUT2D eigenvalue weighted by molar-refractivity contribution is -0.0373. The van der Waals surface area contributed by atoms with Crippen LogP contribution in [0.5, 0.6) is 0 Å². The number of hydrogen-bond acceptors (Lipinski definition) is 3. The maximum absolute atomic E-state index is 6.31. The molecule has 2 aliphatic rings. The lowest BCUT2D eigenvalue weighted by Gasteiger charge is -2.32. The molecule has 1 unspecified atom stereocenters. The SMILES string of the molecule is NCCC1(c2ccccn2)CCOC2(CCCC2)CC1. The quantitative estimate of drug-likeness (QED) is 0.921. The first kappa shape index (κ1) is 14.0. The van der Waals surface area contributed by atoms with E-state index in [9.17, 15) is 0 Å². The van der Waals surface area contributed by atoms with Gasteiger partial charge in [-0.15, -0.1) is 0 Å². The van der Waals surface area contributed by atoms with Crippen molar-refractivity contribution in [2.24, 2.45) is 5.73 Å². The fourth-order valence-corrected chi connectivity index (χ4v) is 4.13. The normalized spacial score (nSPS) is 29.4. The highest BCUT2D eigenvalue weighted by atomic mass is 16.5. The first-order chi connectivity index (χ1) is 9.79. The second-order valence-electron chi connectivity index (χ2n) is 6.52. The first-order valence-electron chi connectivity index (χ1n) is 8.04. The van der Waals surface area contributed by atoms with Crippen molar-refractivity contribution in [3.8, 4) is 0 Å². The summed E-state index contributed by atoms with van der Waals surface area (Å²) in [4.78, 5) is 4.64. The Hall–Kier alpha value is -0.930. The van der Waals surface area contributed by atoms with Crippen molar-refractivity contribution >= 4 is 0 Å². The number of pyridine rings is 1.